The Balaban J connectivity index is 2.25. The molecule has 2 N–H and O–H groups in total. The highest BCUT2D eigenvalue weighted by Gasteiger charge is 2.33. The van der Waals surface area contributed by atoms with Crippen molar-refractivity contribution in [3.8, 4) is 6.07 Å². The first-order valence-electron chi connectivity index (χ1n) is 5.78. The third-order valence-corrected chi connectivity index (χ3v) is 2.85. The van der Waals surface area contributed by atoms with Crippen molar-refractivity contribution >= 4 is 5.69 Å². The normalized spacial score (nSPS) is 12.8. The number of anilines is 1. The fourth-order valence-electron chi connectivity index (χ4n) is 1.80. The second kappa shape index (κ2) is 5.25. The van der Waals surface area contributed by atoms with Crippen LogP contribution in [0.4, 0.5) is 18.9 Å². The maximum absolute atomic E-state index is 12.7. The quantitative estimate of drug-likeness (QED) is 0.904. The molecule has 4 nitrogen and oxygen atoms in total. The SMILES string of the molecule is CC(Nc1ccc(C(F)(F)F)c(C#N)c1)c1cn[nH]c1. The van der Waals surface area contributed by atoms with Gasteiger partial charge in [-0.1, -0.05) is 0 Å². The minimum atomic E-state index is -4.53. The Bertz CT molecular complexity index is 626. The third-order valence-electron chi connectivity index (χ3n) is 2.85. The van der Waals surface area contributed by atoms with E-state index in [2.05, 4.69) is 15.5 Å². The summed E-state index contributed by atoms with van der Waals surface area (Å²) in [5.41, 5.74) is -0.0185. The summed E-state index contributed by atoms with van der Waals surface area (Å²) < 4.78 is 38.0. The maximum Gasteiger partial charge on any atom is 0.417 e. The van der Waals surface area contributed by atoms with Gasteiger partial charge in [-0.05, 0) is 25.1 Å². The molecule has 104 valence electrons. The Kier molecular flexibility index (Phi) is 3.66. The van der Waals surface area contributed by atoms with Gasteiger partial charge in [0.05, 0.1) is 29.4 Å². The van der Waals surface area contributed by atoms with Gasteiger partial charge < -0.3 is 5.32 Å². The molecule has 0 spiro atoms. The van der Waals surface area contributed by atoms with Gasteiger partial charge in [0, 0.05) is 17.4 Å². The van der Waals surface area contributed by atoms with Gasteiger partial charge in [-0.2, -0.15) is 23.5 Å². The van der Waals surface area contributed by atoms with Crippen LogP contribution in [0.1, 0.15) is 29.7 Å². The predicted octanol–water partition coefficient (Wildman–Crippen LogP) is 3.47. The van der Waals surface area contributed by atoms with Gasteiger partial charge >= 0.3 is 6.18 Å². The number of hydrogen-bond acceptors (Lipinski definition) is 3. The molecule has 0 amide bonds. The molecule has 0 saturated heterocycles. The van der Waals surface area contributed by atoms with E-state index < -0.39 is 17.3 Å². The predicted molar refractivity (Wildman–Crippen MR) is 66.8 cm³/mol. The van der Waals surface area contributed by atoms with E-state index in [1.54, 1.807) is 18.5 Å². The summed E-state index contributed by atoms with van der Waals surface area (Å²) in [4.78, 5) is 0. The summed E-state index contributed by atoms with van der Waals surface area (Å²) in [5.74, 6) is 0. The number of nitriles is 1. The molecule has 0 fully saturated rings. The van der Waals surface area contributed by atoms with Crippen LogP contribution in [0, 0.1) is 11.3 Å². The summed E-state index contributed by atoms with van der Waals surface area (Å²) in [5, 5.41) is 18.3. The summed E-state index contributed by atoms with van der Waals surface area (Å²) >= 11 is 0. The van der Waals surface area contributed by atoms with Crippen molar-refractivity contribution in [2.45, 2.75) is 19.1 Å². The van der Waals surface area contributed by atoms with Crippen LogP contribution in [0.5, 0.6) is 0 Å². The number of nitrogens with one attached hydrogen (secondary N) is 2. The first kappa shape index (κ1) is 13.9. The van der Waals surface area contributed by atoms with E-state index in [0.717, 1.165) is 11.6 Å². The summed E-state index contributed by atoms with van der Waals surface area (Å²) in [6.07, 6.45) is -1.22. The highest BCUT2D eigenvalue weighted by molar-refractivity contribution is 5.54. The van der Waals surface area contributed by atoms with Crippen LogP contribution in [-0.2, 0) is 6.18 Å². The van der Waals surface area contributed by atoms with Crippen LogP contribution in [0.15, 0.2) is 30.6 Å². The molecular weight excluding hydrogens is 269 g/mol. The Hall–Kier alpha value is -2.49. The number of rotatable bonds is 3. The van der Waals surface area contributed by atoms with E-state index >= 15 is 0 Å². The van der Waals surface area contributed by atoms with Crippen molar-refractivity contribution in [1.82, 2.24) is 10.2 Å². The van der Waals surface area contributed by atoms with Crippen LogP contribution in [0.3, 0.4) is 0 Å². The fourth-order valence-corrected chi connectivity index (χ4v) is 1.80. The van der Waals surface area contributed by atoms with E-state index in [-0.39, 0.29) is 6.04 Å². The molecule has 1 aromatic carbocycles. The van der Waals surface area contributed by atoms with Crippen molar-refractivity contribution in [2.24, 2.45) is 0 Å². The number of alkyl halides is 3. The van der Waals surface area contributed by atoms with E-state index in [1.807, 2.05) is 6.92 Å². The first-order valence-corrected chi connectivity index (χ1v) is 5.78. The highest BCUT2D eigenvalue weighted by Crippen LogP contribution is 2.33. The fraction of sp³-hybridized carbons (Fsp3) is 0.231. The molecule has 2 rings (SSSR count). The van der Waals surface area contributed by atoms with Crippen molar-refractivity contribution in [3.05, 3.63) is 47.3 Å². The molecule has 20 heavy (non-hydrogen) atoms. The van der Waals surface area contributed by atoms with Gasteiger partial charge in [0.2, 0.25) is 0 Å². The van der Waals surface area contributed by atoms with E-state index in [0.29, 0.717) is 5.69 Å². The lowest BCUT2D eigenvalue weighted by molar-refractivity contribution is -0.137. The number of aromatic nitrogens is 2. The summed E-state index contributed by atoms with van der Waals surface area (Å²) in [7, 11) is 0. The molecule has 2 aromatic rings. The van der Waals surface area contributed by atoms with E-state index in [4.69, 9.17) is 5.26 Å². The molecule has 0 aliphatic rings. The molecule has 0 bridgehead atoms. The van der Waals surface area contributed by atoms with Gasteiger partial charge in [0.25, 0.3) is 0 Å². The molecule has 1 atom stereocenters. The van der Waals surface area contributed by atoms with Crippen molar-refractivity contribution in [2.75, 3.05) is 5.32 Å². The highest BCUT2D eigenvalue weighted by atomic mass is 19.4. The molecule has 0 aliphatic heterocycles. The topological polar surface area (TPSA) is 64.5 Å². The molecular formula is C13H11F3N4. The minimum absolute atomic E-state index is 0.142. The maximum atomic E-state index is 12.7. The molecule has 0 aliphatic carbocycles. The van der Waals surface area contributed by atoms with Crippen LogP contribution in [0.25, 0.3) is 0 Å². The first-order chi connectivity index (χ1) is 9.41. The molecule has 1 heterocycles. The number of aromatic amines is 1. The van der Waals surface area contributed by atoms with Crippen LogP contribution in [-0.4, -0.2) is 10.2 Å². The van der Waals surface area contributed by atoms with Crippen molar-refractivity contribution < 1.29 is 13.2 Å². The smallest absolute Gasteiger partial charge is 0.378 e. The van der Waals surface area contributed by atoms with Crippen LogP contribution < -0.4 is 5.32 Å². The Morgan fingerprint density at radius 1 is 1.40 bits per heavy atom. The van der Waals surface area contributed by atoms with Gasteiger partial charge in [-0.25, -0.2) is 0 Å². The molecule has 7 heteroatoms. The Labute approximate surface area is 113 Å². The molecule has 0 saturated carbocycles. The molecule has 0 radical (unpaired) electrons. The van der Waals surface area contributed by atoms with E-state index in [9.17, 15) is 13.2 Å². The zero-order chi connectivity index (χ0) is 14.8. The summed E-state index contributed by atoms with van der Waals surface area (Å²) in [6, 6.07) is 4.84. The Morgan fingerprint density at radius 3 is 2.70 bits per heavy atom. The van der Waals surface area contributed by atoms with Gasteiger partial charge in [0.15, 0.2) is 0 Å². The zero-order valence-electron chi connectivity index (χ0n) is 10.5. The number of halogens is 3. The minimum Gasteiger partial charge on any atom is -0.378 e. The number of H-pyrrole nitrogens is 1. The van der Waals surface area contributed by atoms with Gasteiger partial charge in [0.1, 0.15) is 0 Å². The number of benzene rings is 1. The second-order valence-electron chi connectivity index (χ2n) is 4.27. The second-order valence-corrected chi connectivity index (χ2v) is 4.27. The molecule has 1 unspecified atom stereocenters. The average molecular weight is 280 g/mol. The van der Waals surface area contributed by atoms with Crippen LogP contribution >= 0.6 is 0 Å². The number of hydrogen-bond donors (Lipinski definition) is 2. The van der Waals surface area contributed by atoms with E-state index in [1.165, 1.54) is 12.1 Å². The summed E-state index contributed by atoms with van der Waals surface area (Å²) in [6.45, 7) is 1.84. The largest absolute Gasteiger partial charge is 0.417 e. The lowest BCUT2D eigenvalue weighted by atomic mass is 10.1. The average Bonchev–Trinajstić information content (AvgIpc) is 2.91. The molecule has 1 aromatic heterocycles. The Morgan fingerprint density at radius 2 is 2.15 bits per heavy atom. The van der Waals surface area contributed by atoms with Gasteiger partial charge in [-0.15, -0.1) is 0 Å². The monoisotopic (exact) mass is 280 g/mol. The lowest BCUT2D eigenvalue weighted by Crippen LogP contribution is -2.10. The zero-order valence-corrected chi connectivity index (χ0v) is 10.5. The number of nitrogens with zero attached hydrogens (tertiary/aromatic N) is 2. The van der Waals surface area contributed by atoms with Crippen molar-refractivity contribution in [1.29, 1.82) is 5.26 Å². The van der Waals surface area contributed by atoms with Crippen molar-refractivity contribution in [3.63, 3.8) is 0 Å². The van der Waals surface area contributed by atoms with Gasteiger partial charge in [-0.3, -0.25) is 5.10 Å². The third kappa shape index (κ3) is 2.91. The van der Waals surface area contributed by atoms with Crippen LogP contribution in [0.2, 0.25) is 0 Å². The standard InChI is InChI=1S/C13H11F3N4/c1-8(10-6-18-19-7-10)20-11-2-3-12(13(14,15)16)9(4-11)5-17/h2-4,6-8,20H,1H3,(H,18,19). The lowest BCUT2D eigenvalue weighted by Gasteiger charge is -2.15.